The molecule has 0 aliphatic carbocycles. The summed E-state index contributed by atoms with van der Waals surface area (Å²) in [6, 6.07) is 7.93. The van der Waals surface area contributed by atoms with Crippen LogP contribution in [0.1, 0.15) is 18.1 Å². The molecule has 0 fully saturated rings. The Kier molecular flexibility index (Phi) is 2.52. The Morgan fingerprint density at radius 3 is 2.93 bits per heavy atom. The minimum atomic E-state index is -0.462. The summed E-state index contributed by atoms with van der Waals surface area (Å²) in [5.41, 5.74) is 7.40. The van der Waals surface area contributed by atoms with Gasteiger partial charge in [-0.15, -0.1) is 0 Å². The van der Waals surface area contributed by atoms with Gasteiger partial charge in [0.15, 0.2) is 0 Å². The fraction of sp³-hybridized carbons (Fsp3) is 0.273. The van der Waals surface area contributed by atoms with Crippen LogP contribution in [0.2, 0.25) is 0 Å². The van der Waals surface area contributed by atoms with Crippen LogP contribution >= 0.6 is 0 Å². The average molecular weight is 190 g/mol. The van der Waals surface area contributed by atoms with Gasteiger partial charge in [0.2, 0.25) is 0 Å². The predicted octanol–water partition coefficient (Wildman–Crippen LogP) is 1.55. The van der Waals surface area contributed by atoms with Gasteiger partial charge in [-0.2, -0.15) is 0 Å². The van der Waals surface area contributed by atoms with Crippen LogP contribution in [0.25, 0.3) is 10.9 Å². The second-order valence-corrected chi connectivity index (χ2v) is 3.38. The molecule has 1 aromatic heterocycles. The van der Waals surface area contributed by atoms with Crippen LogP contribution in [0.4, 0.5) is 0 Å². The second kappa shape index (κ2) is 3.82. The number of aliphatic hydroxyl groups excluding tert-OH is 1. The number of hydrogen-bond donors (Lipinski definition) is 3. The molecule has 0 aliphatic rings. The van der Waals surface area contributed by atoms with Crippen molar-refractivity contribution < 1.29 is 5.11 Å². The smallest absolute Gasteiger partial charge is 0.0822 e. The van der Waals surface area contributed by atoms with E-state index in [-0.39, 0.29) is 0 Å². The summed E-state index contributed by atoms with van der Waals surface area (Å²) < 4.78 is 0. The predicted molar refractivity (Wildman–Crippen MR) is 56.9 cm³/mol. The lowest BCUT2D eigenvalue weighted by atomic mass is 10.1. The Hall–Kier alpha value is -1.32. The van der Waals surface area contributed by atoms with Crippen LogP contribution in [-0.4, -0.2) is 16.6 Å². The van der Waals surface area contributed by atoms with Crippen molar-refractivity contribution in [2.75, 3.05) is 6.54 Å². The average Bonchev–Trinajstić information content (AvgIpc) is 2.61. The molecule has 0 bridgehead atoms. The first-order chi connectivity index (χ1) is 6.83. The molecule has 0 saturated heterocycles. The zero-order chi connectivity index (χ0) is 9.97. The highest BCUT2D eigenvalue weighted by molar-refractivity contribution is 5.83. The molecule has 14 heavy (non-hydrogen) atoms. The number of para-hydroxylation sites is 1. The van der Waals surface area contributed by atoms with E-state index >= 15 is 0 Å². The summed E-state index contributed by atoms with van der Waals surface area (Å²) in [6.07, 6.45) is 1.99. The normalized spacial score (nSPS) is 13.3. The van der Waals surface area contributed by atoms with Crippen LogP contribution in [0.15, 0.2) is 30.5 Å². The molecule has 0 amide bonds. The molecule has 0 spiro atoms. The van der Waals surface area contributed by atoms with Gasteiger partial charge in [0.1, 0.15) is 0 Å². The van der Waals surface area contributed by atoms with Crippen LogP contribution in [-0.2, 0) is 0 Å². The zero-order valence-corrected chi connectivity index (χ0v) is 7.90. The van der Waals surface area contributed by atoms with Gasteiger partial charge in [-0.05, 0) is 19.0 Å². The highest BCUT2D eigenvalue weighted by Crippen LogP contribution is 2.25. The minimum Gasteiger partial charge on any atom is -0.388 e. The lowest BCUT2D eigenvalue weighted by Gasteiger charge is -2.07. The molecule has 1 atom stereocenters. The maximum atomic E-state index is 9.81. The summed E-state index contributed by atoms with van der Waals surface area (Å²) in [7, 11) is 0. The van der Waals surface area contributed by atoms with Crippen molar-refractivity contribution in [1.29, 1.82) is 0 Å². The number of nitrogens with two attached hydrogens (primary N) is 1. The number of nitrogens with one attached hydrogen (secondary N) is 1. The molecule has 0 saturated carbocycles. The maximum Gasteiger partial charge on any atom is 0.0822 e. The molecule has 1 heterocycles. The Bertz CT molecular complexity index is 422. The number of aromatic nitrogens is 1. The van der Waals surface area contributed by atoms with Gasteiger partial charge in [0.25, 0.3) is 0 Å². The molecule has 0 aliphatic heterocycles. The molecule has 74 valence electrons. The van der Waals surface area contributed by atoms with Gasteiger partial charge in [-0.3, -0.25) is 0 Å². The standard InChI is InChI=1S/C11H14N2O/c12-6-5-11(14)9-7-13-10-4-2-1-3-8(9)10/h1-4,7,11,13-14H,5-6,12H2. The summed E-state index contributed by atoms with van der Waals surface area (Å²) in [5.74, 6) is 0. The highest BCUT2D eigenvalue weighted by atomic mass is 16.3. The van der Waals surface area contributed by atoms with Gasteiger partial charge in [-0.1, -0.05) is 18.2 Å². The van der Waals surface area contributed by atoms with Crippen molar-refractivity contribution in [3.8, 4) is 0 Å². The first-order valence-corrected chi connectivity index (χ1v) is 4.77. The first kappa shape index (κ1) is 9.24. The monoisotopic (exact) mass is 190 g/mol. The van der Waals surface area contributed by atoms with Crippen LogP contribution in [0.3, 0.4) is 0 Å². The molecule has 2 aromatic rings. The van der Waals surface area contributed by atoms with Crippen LogP contribution in [0, 0.1) is 0 Å². The molecule has 3 heteroatoms. The quantitative estimate of drug-likeness (QED) is 0.687. The van der Waals surface area contributed by atoms with Crippen molar-refractivity contribution in [2.24, 2.45) is 5.73 Å². The Morgan fingerprint density at radius 1 is 1.36 bits per heavy atom. The molecular weight excluding hydrogens is 176 g/mol. The van der Waals surface area contributed by atoms with E-state index in [0.717, 1.165) is 16.5 Å². The summed E-state index contributed by atoms with van der Waals surface area (Å²) in [5, 5.41) is 10.9. The number of hydrogen-bond acceptors (Lipinski definition) is 2. The molecule has 2 rings (SSSR count). The number of benzene rings is 1. The van der Waals surface area contributed by atoms with Gasteiger partial charge < -0.3 is 15.8 Å². The number of fused-ring (bicyclic) bond motifs is 1. The van der Waals surface area contributed by atoms with E-state index in [0.29, 0.717) is 13.0 Å². The number of aromatic amines is 1. The van der Waals surface area contributed by atoms with Crippen LogP contribution in [0.5, 0.6) is 0 Å². The minimum absolute atomic E-state index is 0.462. The van der Waals surface area contributed by atoms with Crippen molar-refractivity contribution >= 4 is 10.9 Å². The Morgan fingerprint density at radius 2 is 2.14 bits per heavy atom. The number of rotatable bonds is 3. The Labute approximate surface area is 82.6 Å². The van der Waals surface area contributed by atoms with Crippen molar-refractivity contribution in [2.45, 2.75) is 12.5 Å². The van der Waals surface area contributed by atoms with E-state index in [2.05, 4.69) is 4.98 Å². The molecule has 3 nitrogen and oxygen atoms in total. The molecule has 1 aromatic carbocycles. The third kappa shape index (κ3) is 1.52. The summed E-state index contributed by atoms with van der Waals surface area (Å²) in [4.78, 5) is 3.13. The first-order valence-electron chi connectivity index (χ1n) is 4.77. The van der Waals surface area contributed by atoms with Gasteiger partial charge in [0, 0.05) is 22.7 Å². The SMILES string of the molecule is NCCC(O)c1c[nH]c2ccccc12. The number of H-pyrrole nitrogens is 1. The Balaban J connectivity index is 2.42. The molecular formula is C11H14N2O. The zero-order valence-electron chi connectivity index (χ0n) is 7.90. The van der Waals surface area contributed by atoms with Gasteiger partial charge in [0.05, 0.1) is 6.10 Å². The van der Waals surface area contributed by atoms with Crippen molar-refractivity contribution in [3.05, 3.63) is 36.0 Å². The van der Waals surface area contributed by atoms with Crippen molar-refractivity contribution in [3.63, 3.8) is 0 Å². The molecule has 1 unspecified atom stereocenters. The number of aliphatic hydroxyl groups is 1. The van der Waals surface area contributed by atoms with E-state index < -0.39 is 6.10 Å². The molecule has 4 N–H and O–H groups in total. The second-order valence-electron chi connectivity index (χ2n) is 3.38. The summed E-state index contributed by atoms with van der Waals surface area (Å²) >= 11 is 0. The van der Waals surface area contributed by atoms with E-state index in [4.69, 9.17) is 5.73 Å². The fourth-order valence-corrected chi connectivity index (χ4v) is 1.68. The van der Waals surface area contributed by atoms with Gasteiger partial charge in [-0.25, -0.2) is 0 Å². The van der Waals surface area contributed by atoms with E-state index in [9.17, 15) is 5.11 Å². The lowest BCUT2D eigenvalue weighted by molar-refractivity contribution is 0.172. The van der Waals surface area contributed by atoms with E-state index in [1.165, 1.54) is 0 Å². The highest BCUT2D eigenvalue weighted by Gasteiger charge is 2.11. The third-order valence-corrected chi connectivity index (χ3v) is 2.42. The van der Waals surface area contributed by atoms with E-state index in [1.807, 2.05) is 30.5 Å². The van der Waals surface area contributed by atoms with Crippen molar-refractivity contribution in [1.82, 2.24) is 4.98 Å². The largest absolute Gasteiger partial charge is 0.388 e. The topological polar surface area (TPSA) is 62.0 Å². The van der Waals surface area contributed by atoms with Gasteiger partial charge >= 0.3 is 0 Å². The third-order valence-electron chi connectivity index (χ3n) is 2.42. The maximum absolute atomic E-state index is 9.81. The van der Waals surface area contributed by atoms with Crippen LogP contribution < -0.4 is 5.73 Å². The molecule has 0 radical (unpaired) electrons. The summed E-state index contributed by atoms with van der Waals surface area (Å²) in [6.45, 7) is 0.501. The lowest BCUT2D eigenvalue weighted by Crippen LogP contribution is -2.06. The van der Waals surface area contributed by atoms with E-state index in [1.54, 1.807) is 0 Å². The fourth-order valence-electron chi connectivity index (χ4n) is 1.68.